The third kappa shape index (κ3) is 4.87. The average Bonchev–Trinajstić information content (AvgIpc) is 2.45. The van der Waals surface area contributed by atoms with Gasteiger partial charge in [0.2, 0.25) is 0 Å². The Bertz CT molecular complexity index is 345. The van der Waals surface area contributed by atoms with Crippen molar-refractivity contribution < 1.29 is 0 Å². The Balaban J connectivity index is 2.64. The topological polar surface area (TPSA) is 15.3 Å². The fourth-order valence-corrected chi connectivity index (χ4v) is 2.41. The molecule has 1 rings (SSSR count). The van der Waals surface area contributed by atoms with Crippen LogP contribution in [0.5, 0.6) is 0 Å². The summed E-state index contributed by atoms with van der Waals surface area (Å²) < 4.78 is 0. The average molecular weight is 262 g/mol. The first-order valence-electron chi connectivity index (χ1n) is 7.58. The molecule has 1 aromatic rings. The third-order valence-corrected chi connectivity index (χ3v) is 4.12. The van der Waals surface area contributed by atoms with E-state index in [9.17, 15) is 0 Å². The minimum absolute atomic E-state index is 0.659. The van der Waals surface area contributed by atoms with E-state index in [2.05, 4.69) is 62.3 Å². The van der Waals surface area contributed by atoms with Gasteiger partial charge in [0.25, 0.3) is 0 Å². The summed E-state index contributed by atoms with van der Waals surface area (Å²) in [6.45, 7) is 9.00. The first-order valence-corrected chi connectivity index (χ1v) is 7.58. The molecular weight excluding hydrogens is 232 g/mol. The van der Waals surface area contributed by atoms with Crippen LogP contribution in [0, 0.1) is 5.92 Å². The molecule has 0 aliphatic carbocycles. The van der Waals surface area contributed by atoms with Crippen LogP contribution in [0.3, 0.4) is 0 Å². The minimum atomic E-state index is 0.659. The van der Waals surface area contributed by atoms with E-state index in [4.69, 9.17) is 0 Å². The molecule has 0 aliphatic rings. The first-order chi connectivity index (χ1) is 9.12. The SMILES string of the molecule is CCC(CNC)CN(C)c1ccc(C(C)CC)cc1. The van der Waals surface area contributed by atoms with Gasteiger partial charge in [0.15, 0.2) is 0 Å². The number of hydrogen-bond acceptors (Lipinski definition) is 2. The summed E-state index contributed by atoms with van der Waals surface area (Å²) in [5, 5.41) is 3.28. The lowest BCUT2D eigenvalue weighted by atomic mass is 9.98. The Morgan fingerprint density at radius 1 is 1.11 bits per heavy atom. The zero-order chi connectivity index (χ0) is 14.3. The molecule has 1 N–H and O–H groups in total. The number of rotatable bonds is 8. The first kappa shape index (κ1) is 16.0. The molecule has 0 amide bonds. The maximum absolute atomic E-state index is 3.28. The fraction of sp³-hybridized carbons (Fsp3) is 0.647. The molecule has 0 heterocycles. The van der Waals surface area contributed by atoms with Gasteiger partial charge in [-0.15, -0.1) is 0 Å². The van der Waals surface area contributed by atoms with Crippen LogP contribution in [-0.4, -0.2) is 27.2 Å². The highest BCUT2D eigenvalue weighted by molar-refractivity contribution is 5.47. The van der Waals surface area contributed by atoms with Crippen LogP contribution in [0.2, 0.25) is 0 Å². The molecule has 1 aromatic carbocycles. The van der Waals surface area contributed by atoms with E-state index in [-0.39, 0.29) is 0 Å². The summed E-state index contributed by atoms with van der Waals surface area (Å²) in [4.78, 5) is 2.37. The largest absolute Gasteiger partial charge is 0.374 e. The van der Waals surface area contributed by atoms with Gasteiger partial charge in [0.1, 0.15) is 0 Å². The Labute approximate surface area is 119 Å². The Hall–Kier alpha value is -1.02. The molecule has 19 heavy (non-hydrogen) atoms. The minimum Gasteiger partial charge on any atom is -0.374 e. The van der Waals surface area contributed by atoms with Crippen LogP contribution in [-0.2, 0) is 0 Å². The van der Waals surface area contributed by atoms with Gasteiger partial charge >= 0.3 is 0 Å². The maximum atomic E-state index is 3.28. The fourth-order valence-electron chi connectivity index (χ4n) is 2.41. The van der Waals surface area contributed by atoms with Gasteiger partial charge < -0.3 is 10.2 Å². The molecule has 2 nitrogen and oxygen atoms in total. The van der Waals surface area contributed by atoms with Crippen LogP contribution >= 0.6 is 0 Å². The van der Waals surface area contributed by atoms with Crippen molar-refractivity contribution in [3.05, 3.63) is 29.8 Å². The van der Waals surface area contributed by atoms with Gasteiger partial charge in [-0.1, -0.05) is 39.3 Å². The summed E-state index contributed by atoms with van der Waals surface area (Å²) in [7, 11) is 4.22. The Morgan fingerprint density at radius 2 is 1.74 bits per heavy atom. The van der Waals surface area contributed by atoms with Gasteiger partial charge in [-0.25, -0.2) is 0 Å². The smallest absolute Gasteiger partial charge is 0.0363 e. The molecule has 0 saturated carbocycles. The van der Waals surface area contributed by atoms with E-state index < -0.39 is 0 Å². The molecule has 0 bridgehead atoms. The van der Waals surface area contributed by atoms with Crippen LogP contribution in [0.1, 0.15) is 45.1 Å². The van der Waals surface area contributed by atoms with Gasteiger partial charge in [0, 0.05) is 19.3 Å². The highest BCUT2D eigenvalue weighted by atomic mass is 15.1. The van der Waals surface area contributed by atoms with Crippen molar-refractivity contribution in [3.8, 4) is 0 Å². The Kier molecular flexibility index (Phi) is 6.93. The molecule has 0 aliphatic heterocycles. The van der Waals surface area contributed by atoms with Gasteiger partial charge in [-0.2, -0.15) is 0 Å². The molecule has 2 unspecified atom stereocenters. The van der Waals surface area contributed by atoms with Crippen molar-refractivity contribution in [2.75, 3.05) is 32.1 Å². The number of benzene rings is 1. The predicted molar refractivity (Wildman–Crippen MR) is 86.1 cm³/mol. The van der Waals surface area contributed by atoms with Crippen molar-refractivity contribution in [2.24, 2.45) is 5.92 Å². The summed E-state index contributed by atoms with van der Waals surface area (Å²) in [6, 6.07) is 9.07. The lowest BCUT2D eigenvalue weighted by Crippen LogP contribution is -2.31. The number of anilines is 1. The summed E-state index contributed by atoms with van der Waals surface area (Å²) in [6.07, 6.45) is 2.42. The van der Waals surface area contributed by atoms with Crippen molar-refractivity contribution in [1.82, 2.24) is 5.32 Å². The number of nitrogens with one attached hydrogen (secondary N) is 1. The van der Waals surface area contributed by atoms with Gasteiger partial charge in [-0.3, -0.25) is 0 Å². The van der Waals surface area contributed by atoms with E-state index in [1.807, 2.05) is 7.05 Å². The molecule has 0 fully saturated rings. The quantitative estimate of drug-likeness (QED) is 0.765. The number of nitrogens with zero attached hydrogens (tertiary/aromatic N) is 1. The molecule has 2 atom stereocenters. The zero-order valence-corrected chi connectivity index (χ0v) is 13.2. The number of hydrogen-bond donors (Lipinski definition) is 1. The third-order valence-electron chi connectivity index (χ3n) is 4.12. The second-order valence-electron chi connectivity index (χ2n) is 5.61. The van der Waals surface area contributed by atoms with Crippen LogP contribution in [0.15, 0.2) is 24.3 Å². The Morgan fingerprint density at radius 3 is 2.21 bits per heavy atom. The van der Waals surface area contributed by atoms with Crippen molar-refractivity contribution in [1.29, 1.82) is 0 Å². The second-order valence-corrected chi connectivity index (χ2v) is 5.61. The lowest BCUT2D eigenvalue weighted by molar-refractivity contribution is 0.485. The molecule has 0 spiro atoms. The van der Waals surface area contributed by atoms with Crippen LogP contribution in [0.25, 0.3) is 0 Å². The van der Waals surface area contributed by atoms with Crippen molar-refractivity contribution >= 4 is 5.69 Å². The summed E-state index contributed by atoms with van der Waals surface area (Å²) in [5.41, 5.74) is 2.77. The van der Waals surface area contributed by atoms with Gasteiger partial charge in [0.05, 0.1) is 0 Å². The standard InChI is InChI=1S/C17H30N2/c1-6-14(3)16-8-10-17(11-9-16)19(5)13-15(7-2)12-18-4/h8-11,14-15,18H,6-7,12-13H2,1-5H3. The van der Waals surface area contributed by atoms with Crippen LogP contribution < -0.4 is 10.2 Å². The van der Waals surface area contributed by atoms with E-state index in [1.54, 1.807) is 0 Å². The zero-order valence-electron chi connectivity index (χ0n) is 13.2. The van der Waals surface area contributed by atoms with Crippen LogP contribution in [0.4, 0.5) is 5.69 Å². The summed E-state index contributed by atoms with van der Waals surface area (Å²) in [5.74, 6) is 1.37. The monoisotopic (exact) mass is 262 g/mol. The van der Waals surface area contributed by atoms with E-state index in [0.717, 1.165) is 13.1 Å². The molecular formula is C17H30N2. The maximum Gasteiger partial charge on any atom is 0.0363 e. The van der Waals surface area contributed by atoms with Gasteiger partial charge in [-0.05, 0) is 49.5 Å². The molecule has 108 valence electrons. The van der Waals surface area contributed by atoms with E-state index in [1.165, 1.54) is 24.1 Å². The van der Waals surface area contributed by atoms with Crippen molar-refractivity contribution in [2.45, 2.75) is 39.5 Å². The van der Waals surface area contributed by atoms with E-state index >= 15 is 0 Å². The van der Waals surface area contributed by atoms with E-state index in [0.29, 0.717) is 11.8 Å². The van der Waals surface area contributed by atoms with Crippen molar-refractivity contribution in [3.63, 3.8) is 0 Å². The predicted octanol–water partition coefficient (Wildman–Crippen LogP) is 3.88. The molecule has 0 aromatic heterocycles. The molecule has 0 saturated heterocycles. The molecule has 0 radical (unpaired) electrons. The summed E-state index contributed by atoms with van der Waals surface area (Å²) >= 11 is 0. The normalized spacial score (nSPS) is 14.2. The highest BCUT2D eigenvalue weighted by Gasteiger charge is 2.10. The lowest BCUT2D eigenvalue weighted by Gasteiger charge is -2.25. The highest BCUT2D eigenvalue weighted by Crippen LogP contribution is 2.22. The second kappa shape index (κ2) is 8.21. The molecule has 2 heteroatoms.